The molecule has 1 aromatic rings. The first kappa shape index (κ1) is 15.0. The van der Waals surface area contributed by atoms with Crippen molar-refractivity contribution >= 4 is 23.4 Å². The number of hydrogen-bond acceptors (Lipinski definition) is 4. The van der Waals surface area contributed by atoms with Crippen LogP contribution >= 0.6 is 0 Å². The molecule has 0 spiro atoms. The van der Waals surface area contributed by atoms with Gasteiger partial charge in [0.05, 0.1) is 11.1 Å². The third kappa shape index (κ3) is 2.89. The molecule has 112 valence electrons. The summed E-state index contributed by atoms with van der Waals surface area (Å²) >= 11 is 0. The Balaban J connectivity index is 2.12. The Morgan fingerprint density at radius 1 is 1.24 bits per heavy atom. The first-order valence-electron chi connectivity index (χ1n) is 6.96. The van der Waals surface area contributed by atoms with E-state index in [1.54, 1.807) is 25.1 Å². The highest BCUT2D eigenvalue weighted by Gasteiger charge is 2.32. The zero-order valence-corrected chi connectivity index (χ0v) is 12.4. The highest BCUT2D eigenvalue weighted by molar-refractivity contribution is 6.21. The molecule has 1 aromatic carbocycles. The number of amides is 3. The van der Waals surface area contributed by atoms with E-state index < -0.39 is 6.04 Å². The van der Waals surface area contributed by atoms with Crippen LogP contribution in [0.15, 0.2) is 18.2 Å². The predicted octanol–water partition coefficient (Wildman–Crippen LogP) is 1.24. The minimum Gasteiger partial charge on any atom is -0.374 e. The van der Waals surface area contributed by atoms with Crippen LogP contribution in [0.3, 0.4) is 0 Å². The summed E-state index contributed by atoms with van der Waals surface area (Å²) in [5.74, 6) is -0.714. The van der Waals surface area contributed by atoms with Gasteiger partial charge in [-0.15, -0.1) is 0 Å². The standard InChI is InChI=1S/C15H19N3O3/c1-4-7-16-13(19)9(2)17-10-5-6-11-12(8-10)15(21)18(3)14(11)20/h5-6,8-9,17H,4,7H2,1-3H3,(H,16,19). The van der Waals surface area contributed by atoms with Crippen molar-refractivity contribution in [2.24, 2.45) is 0 Å². The van der Waals surface area contributed by atoms with Crippen LogP contribution in [0, 0.1) is 0 Å². The summed E-state index contributed by atoms with van der Waals surface area (Å²) in [4.78, 5) is 36.6. The molecule has 0 aromatic heterocycles. The van der Waals surface area contributed by atoms with Crippen LogP contribution in [0.25, 0.3) is 0 Å². The number of nitrogens with one attached hydrogen (secondary N) is 2. The second-order valence-electron chi connectivity index (χ2n) is 5.09. The first-order chi connectivity index (χ1) is 9.95. The minimum absolute atomic E-state index is 0.100. The summed E-state index contributed by atoms with van der Waals surface area (Å²) in [7, 11) is 1.46. The molecular weight excluding hydrogens is 270 g/mol. The van der Waals surface area contributed by atoms with E-state index >= 15 is 0 Å². The first-order valence-corrected chi connectivity index (χ1v) is 6.96. The molecule has 1 heterocycles. The third-order valence-corrected chi connectivity index (χ3v) is 3.42. The maximum Gasteiger partial charge on any atom is 0.261 e. The van der Waals surface area contributed by atoms with E-state index in [0.29, 0.717) is 23.4 Å². The van der Waals surface area contributed by atoms with Crippen LogP contribution < -0.4 is 10.6 Å². The van der Waals surface area contributed by atoms with E-state index in [-0.39, 0.29) is 17.7 Å². The quantitative estimate of drug-likeness (QED) is 0.799. The van der Waals surface area contributed by atoms with Gasteiger partial charge in [-0.3, -0.25) is 19.3 Å². The van der Waals surface area contributed by atoms with Gasteiger partial charge in [-0.2, -0.15) is 0 Å². The number of benzene rings is 1. The molecular formula is C15H19N3O3. The van der Waals surface area contributed by atoms with E-state index in [9.17, 15) is 14.4 Å². The number of anilines is 1. The van der Waals surface area contributed by atoms with Crippen molar-refractivity contribution in [3.05, 3.63) is 29.3 Å². The summed E-state index contributed by atoms with van der Waals surface area (Å²) in [6.45, 7) is 4.36. The lowest BCUT2D eigenvalue weighted by Gasteiger charge is -2.15. The molecule has 6 nitrogen and oxygen atoms in total. The second kappa shape index (κ2) is 5.95. The van der Waals surface area contributed by atoms with Crippen LogP contribution in [0.1, 0.15) is 41.0 Å². The number of imide groups is 1. The van der Waals surface area contributed by atoms with Gasteiger partial charge in [0.1, 0.15) is 6.04 Å². The average Bonchev–Trinajstić information content (AvgIpc) is 2.69. The Labute approximate surface area is 123 Å². The van der Waals surface area contributed by atoms with Crippen molar-refractivity contribution in [2.75, 3.05) is 18.9 Å². The molecule has 0 aliphatic carbocycles. The third-order valence-electron chi connectivity index (χ3n) is 3.42. The summed E-state index contributed by atoms with van der Waals surface area (Å²) in [5.41, 5.74) is 1.41. The molecule has 1 atom stereocenters. The molecule has 0 radical (unpaired) electrons. The van der Waals surface area contributed by atoms with Gasteiger partial charge in [0, 0.05) is 19.3 Å². The van der Waals surface area contributed by atoms with Gasteiger partial charge in [0.2, 0.25) is 5.91 Å². The van der Waals surface area contributed by atoms with Crippen LogP contribution in [0.2, 0.25) is 0 Å². The highest BCUT2D eigenvalue weighted by Crippen LogP contribution is 2.25. The number of rotatable bonds is 5. The molecule has 6 heteroatoms. The van der Waals surface area contributed by atoms with Gasteiger partial charge in [0.25, 0.3) is 11.8 Å². The lowest BCUT2D eigenvalue weighted by atomic mass is 10.1. The molecule has 0 saturated carbocycles. The van der Waals surface area contributed by atoms with Gasteiger partial charge in [-0.1, -0.05) is 6.92 Å². The van der Waals surface area contributed by atoms with E-state index in [4.69, 9.17) is 0 Å². The van der Waals surface area contributed by atoms with Gasteiger partial charge < -0.3 is 10.6 Å². The normalized spacial score (nSPS) is 14.9. The van der Waals surface area contributed by atoms with Gasteiger partial charge >= 0.3 is 0 Å². The van der Waals surface area contributed by atoms with E-state index in [1.807, 2.05) is 6.92 Å². The Morgan fingerprint density at radius 2 is 1.90 bits per heavy atom. The second-order valence-corrected chi connectivity index (χ2v) is 5.09. The molecule has 1 aliphatic rings. The fraction of sp³-hybridized carbons (Fsp3) is 0.400. The number of nitrogens with zero attached hydrogens (tertiary/aromatic N) is 1. The summed E-state index contributed by atoms with van der Waals surface area (Å²) in [5, 5.41) is 5.83. The van der Waals surface area contributed by atoms with Crippen molar-refractivity contribution in [1.82, 2.24) is 10.2 Å². The summed E-state index contributed by atoms with van der Waals surface area (Å²) in [6.07, 6.45) is 0.875. The average molecular weight is 289 g/mol. The fourth-order valence-electron chi connectivity index (χ4n) is 2.17. The Kier molecular flexibility index (Phi) is 4.26. The minimum atomic E-state index is -0.417. The summed E-state index contributed by atoms with van der Waals surface area (Å²) in [6, 6.07) is 4.51. The highest BCUT2D eigenvalue weighted by atomic mass is 16.2. The summed E-state index contributed by atoms with van der Waals surface area (Å²) < 4.78 is 0. The smallest absolute Gasteiger partial charge is 0.261 e. The molecule has 0 saturated heterocycles. The zero-order valence-electron chi connectivity index (χ0n) is 12.4. The van der Waals surface area contributed by atoms with Crippen molar-refractivity contribution in [3.63, 3.8) is 0 Å². The lowest BCUT2D eigenvalue weighted by Crippen LogP contribution is -2.37. The van der Waals surface area contributed by atoms with Crippen molar-refractivity contribution in [1.29, 1.82) is 0 Å². The van der Waals surface area contributed by atoms with Crippen molar-refractivity contribution in [2.45, 2.75) is 26.3 Å². The molecule has 2 rings (SSSR count). The maximum absolute atomic E-state index is 11.9. The molecule has 1 unspecified atom stereocenters. The molecule has 3 amide bonds. The number of carbonyl (C=O) groups excluding carboxylic acids is 3. The SMILES string of the molecule is CCCNC(=O)C(C)Nc1ccc2c(c1)C(=O)N(C)C2=O. The maximum atomic E-state index is 11.9. The van der Waals surface area contributed by atoms with Crippen LogP contribution in [-0.4, -0.2) is 42.3 Å². The molecule has 1 aliphatic heterocycles. The molecule has 0 fully saturated rings. The van der Waals surface area contributed by atoms with Crippen LogP contribution in [0.4, 0.5) is 5.69 Å². The Bertz CT molecular complexity index is 598. The zero-order chi connectivity index (χ0) is 15.6. The number of carbonyl (C=O) groups is 3. The van der Waals surface area contributed by atoms with Crippen molar-refractivity contribution in [3.8, 4) is 0 Å². The Morgan fingerprint density at radius 3 is 2.57 bits per heavy atom. The topological polar surface area (TPSA) is 78.5 Å². The van der Waals surface area contributed by atoms with E-state index in [0.717, 1.165) is 11.3 Å². The number of hydrogen-bond donors (Lipinski definition) is 2. The van der Waals surface area contributed by atoms with Gasteiger partial charge in [0.15, 0.2) is 0 Å². The van der Waals surface area contributed by atoms with E-state index in [2.05, 4.69) is 10.6 Å². The molecule has 21 heavy (non-hydrogen) atoms. The van der Waals surface area contributed by atoms with Crippen LogP contribution in [-0.2, 0) is 4.79 Å². The van der Waals surface area contributed by atoms with Gasteiger partial charge in [-0.05, 0) is 31.5 Å². The number of fused-ring (bicyclic) bond motifs is 1. The monoisotopic (exact) mass is 289 g/mol. The largest absolute Gasteiger partial charge is 0.374 e. The fourth-order valence-corrected chi connectivity index (χ4v) is 2.17. The van der Waals surface area contributed by atoms with Crippen molar-refractivity contribution < 1.29 is 14.4 Å². The van der Waals surface area contributed by atoms with Crippen LogP contribution in [0.5, 0.6) is 0 Å². The Hall–Kier alpha value is -2.37. The van der Waals surface area contributed by atoms with Gasteiger partial charge in [-0.25, -0.2) is 0 Å². The molecule has 0 bridgehead atoms. The van der Waals surface area contributed by atoms with E-state index in [1.165, 1.54) is 7.05 Å². The molecule has 2 N–H and O–H groups in total. The predicted molar refractivity (Wildman–Crippen MR) is 79.3 cm³/mol. The lowest BCUT2D eigenvalue weighted by molar-refractivity contribution is -0.121.